The van der Waals surface area contributed by atoms with Crippen LogP contribution in [0.15, 0.2) is 47.4 Å². The van der Waals surface area contributed by atoms with E-state index in [1.165, 1.54) is 10.4 Å². The van der Waals surface area contributed by atoms with Gasteiger partial charge in [0.25, 0.3) is 5.91 Å². The van der Waals surface area contributed by atoms with Crippen molar-refractivity contribution in [2.24, 2.45) is 0 Å². The Bertz CT molecular complexity index is 1050. The van der Waals surface area contributed by atoms with Crippen LogP contribution in [0.25, 0.3) is 0 Å². The monoisotopic (exact) mass is 444 g/mol. The number of amides is 1. The third kappa shape index (κ3) is 4.85. The van der Waals surface area contributed by atoms with Crippen molar-refractivity contribution in [3.63, 3.8) is 0 Å². The zero-order valence-corrected chi connectivity index (χ0v) is 18.5. The maximum Gasteiger partial charge on any atom is 0.251 e. The van der Waals surface area contributed by atoms with Crippen LogP contribution >= 0.6 is 0 Å². The fraction of sp³-hybridized carbons (Fsp3) is 0.435. The van der Waals surface area contributed by atoms with Gasteiger partial charge in [-0.15, -0.1) is 0 Å². The summed E-state index contributed by atoms with van der Waals surface area (Å²) in [6, 6.07) is 11.6. The number of hydrogen-bond donors (Lipinski definition) is 1. The third-order valence-electron chi connectivity index (χ3n) is 5.71. The summed E-state index contributed by atoms with van der Waals surface area (Å²) in [6.07, 6.45) is 3.83. The molecule has 2 heterocycles. The van der Waals surface area contributed by atoms with E-state index in [9.17, 15) is 13.2 Å². The average Bonchev–Trinajstić information content (AvgIpc) is 3.09. The molecule has 2 aliphatic rings. The lowest BCUT2D eigenvalue weighted by molar-refractivity contribution is 0.0939. The van der Waals surface area contributed by atoms with Gasteiger partial charge in [-0.3, -0.25) is 4.79 Å². The molecular formula is C23H28N2O5S. The van der Waals surface area contributed by atoms with E-state index in [0.29, 0.717) is 43.4 Å². The summed E-state index contributed by atoms with van der Waals surface area (Å²) in [5, 5.41) is 2.94. The van der Waals surface area contributed by atoms with Crippen molar-refractivity contribution in [3.05, 3.63) is 53.6 Å². The van der Waals surface area contributed by atoms with Crippen LogP contribution in [-0.2, 0) is 10.0 Å². The zero-order valence-electron chi connectivity index (χ0n) is 17.7. The molecule has 166 valence electrons. The van der Waals surface area contributed by atoms with Crippen molar-refractivity contribution >= 4 is 15.9 Å². The Labute approximate surface area is 183 Å². The quantitative estimate of drug-likeness (QED) is 0.763. The minimum Gasteiger partial charge on any atom is -0.486 e. The van der Waals surface area contributed by atoms with Gasteiger partial charge < -0.3 is 14.8 Å². The highest BCUT2D eigenvalue weighted by molar-refractivity contribution is 7.89. The maximum absolute atomic E-state index is 13.1. The summed E-state index contributed by atoms with van der Waals surface area (Å²) in [6.45, 7) is 3.95. The number of benzene rings is 2. The Kier molecular flexibility index (Phi) is 6.48. The first-order chi connectivity index (χ1) is 14.9. The molecule has 31 heavy (non-hydrogen) atoms. The lowest BCUT2D eigenvalue weighted by Gasteiger charge is -2.21. The van der Waals surface area contributed by atoms with Crippen LogP contribution < -0.4 is 14.8 Å². The largest absolute Gasteiger partial charge is 0.486 e. The lowest BCUT2D eigenvalue weighted by atomic mass is 10.1. The summed E-state index contributed by atoms with van der Waals surface area (Å²) >= 11 is 0. The van der Waals surface area contributed by atoms with Gasteiger partial charge in [-0.1, -0.05) is 25.0 Å². The predicted octanol–water partition coefficient (Wildman–Crippen LogP) is 3.51. The van der Waals surface area contributed by atoms with Crippen LogP contribution in [0.2, 0.25) is 0 Å². The molecule has 1 amide bonds. The number of fused-ring (bicyclic) bond motifs is 1. The van der Waals surface area contributed by atoms with E-state index in [1.54, 1.807) is 18.2 Å². The van der Waals surface area contributed by atoms with Crippen LogP contribution in [0.1, 0.15) is 54.6 Å². The Balaban J connectivity index is 1.49. The van der Waals surface area contributed by atoms with E-state index in [2.05, 4.69) is 5.32 Å². The molecule has 0 bridgehead atoms. The zero-order chi connectivity index (χ0) is 21.8. The molecule has 2 aliphatic heterocycles. The molecule has 0 radical (unpaired) electrons. The Morgan fingerprint density at radius 1 is 0.968 bits per heavy atom. The van der Waals surface area contributed by atoms with E-state index in [-0.39, 0.29) is 16.8 Å². The van der Waals surface area contributed by atoms with Crippen LogP contribution in [0, 0.1) is 0 Å². The van der Waals surface area contributed by atoms with Gasteiger partial charge in [0.15, 0.2) is 11.5 Å². The van der Waals surface area contributed by atoms with Gasteiger partial charge in [-0.05, 0) is 55.7 Å². The number of nitrogens with zero attached hydrogens (tertiary/aromatic N) is 1. The molecule has 0 saturated carbocycles. The highest BCUT2D eigenvalue weighted by Crippen LogP contribution is 2.32. The highest BCUT2D eigenvalue weighted by Gasteiger charge is 2.26. The van der Waals surface area contributed by atoms with Gasteiger partial charge in [-0.25, -0.2) is 8.42 Å². The van der Waals surface area contributed by atoms with E-state index < -0.39 is 10.0 Å². The fourth-order valence-electron chi connectivity index (χ4n) is 3.92. The Morgan fingerprint density at radius 2 is 1.68 bits per heavy atom. The molecule has 0 unspecified atom stereocenters. The second kappa shape index (κ2) is 9.28. The molecule has 7 nitrogen and oxygen atoms in total. The third-order valence-corrected chi connectivity index (χ3v) is 7.61. The first kappa shape index (κ1) is 21.6. The molecule has 2 aromatic carbocycles. The van der Waals surface area contributed by atoms with Crippen molar-refractivity contribution in [1.29, 1.82) is 0 Å². The second-order valence-corrected chi connectivity index (χ2v) is 9.88. The molecule has 1 saturated heterocycles. The number of carbonyl (C=O) groups is 1. The van der Waals surface area contributed by atoms with Crippen molar-refractivity contribution in [3.8, 4) is 11.5 Å². The second-order valence-electron chi connectivity index (χ2n) is 7.94. The fourth-order valence-corrected chi connectivity index (χ4v) is 5.48. The molecule has 8 heteroatoms. The Morgan fingerprint density at radius 3 is 2.42 bits per heavy atom. The number of carbonyl (C=O) groups excluding carboxylic acids is 1. The first-order valence-corrected chi connectivity index (χ1v) is 12.2. The van der Waals surface area contributed by atoms with Crippen LogP contribution in [0.5, 0.6) is 11.5 Å². The summed E-state index contributed by atoms with van der Waals surface area (Å²) < 4.78 is 38.8. The number of nitrogens with one attached hydrogen (secondary N) is 1. The molecule has 1 atom stereocenters. The number of hydrogen-bond acceptors (Lipinski definition) is 5. The van der Waals surface area contributed by atoms with Gasteiger partial charge in [-0.2, -0.15) is 4.31 Å². The lowest BCUT2D eigenvalue weighted by Crippen LogP contribution is -2.32. The van der Waals surface area contributed by atoms with E-state index in [1.807, 2.05) is 25.1 Å². The normalized spacial score (nSPS) is 18.1. The van der Waals surface area contributed by atoms with E-state index in [0.717, 1.165) is 31.2 Å². The molecule has 1 N–H and O–H groups in total. The summed E-state index contributed by atoms with van der Waals surface area (Å²) in [5.74, 6) is 1.03. The smallest absolute Gasteiger partial charge is 0.251 e. The van der Waals surface area contributed by atoms with Crippen LogP contribution in [0.3, 0.4) is 0 Å². The molecule has 0 spiro atoms. The minimum absolute atomic E-state index is 0.161. The van der Waals surface area contributed by atoms with Gasteiger partial charge >= 0.3 is 0 Å². The average molecular weight is 445 g/mol. The molecule has 0 aliphatic carbocycles. The summed E-state index contributed by atoms with van der Waals surface area (Å²) in [4.78, 5) is 13.0. The SMILES string of the molecule is C[C@H](NC(=O)c1cccc(S(=O)(=O)N2CCCCCC2)c1)c1ccc2c(c1)OCCO2. The number of rotatable bonds is 5. The van der Waals surface area contributed by atoms with Gasteiger partial charge in [0.1, 0.15) is 13.2 Å². The van der Waals surface area contributed by atoms with E-state index in [4.69, 9.17) is 9.47 Å². The molecule has 1 fully saturated rings. The molecule has 2 aromatic rings. The first-order valence-electron chi connectivity index (χ1n) is 10.8. The van der Waals surface area contributed by atoms with E-state index >= 15 is 0 Å². The van der Waals surface area contributed by atoms with Gasteiger partial charge in [0, 0.05) is 18.7 Å². The number of sulfonamides is 1. The van der Waals surface area contributed by atoms with Gasteiger partial charge in [0.05, 0.1) is 10.9 Å². The Hall–Kier alpha value is -2.58. The van der Waals surface area contributed by atoms with Crippen LogP contribution in [-0.4, -0.2) is 44.9 Å². The summed E-state index contributed by atoms with van der Waals surface area (Å²) in [7, 11) is -3.61. The topological polar surface area (TPSA) is 84.9 Å². The van der Waals surface area contributed by atoms with Crippen molar-refractivity contribution in [2.45, 2.75) is 43.5 Å². The number of ether oxygens (including phenoxy) is 2. The molecule has 4 rings (SSSR count). The van der Waals surface area contributed by atoms with Crippen molar-refractivity contribution in [2.75, 3.05) is 26.3 Å². The standard InChI is InChI=1S/C23H28N2O5S/c1-17(18-9-10-21-22(16-18)30-14-13-29-21)24-23(26)19-7-6-8-20(15-19)31(27,28)25-11-4-2-3-5-12-25/h6-10,15-17H,2-5,11-14H2,1H3,(H,24,26)/t17-/m0/s1. The molecule has 0 aromatic heterocycles. The minimum atomic E-state index is -3.61. The van der Waals surface area contributed by atoms with Crippen molar-refractivity contribution in [1.82, 2.24) is 9.62 Å². The van der Waals surface area contributed by atoms with Gasteiger partial charge in [0.2, 0.25) is 10.0 Å². The van der Waals surface area contributed by atoms with Crippen molar-refractivity contribution < 1.29 is 22.7 Å². The highest BCUT2D eigenvalue weighted by atomic mass is 32.2. The summed E-state index contributed by atoms with van der Waals surface area (Å²) in [5.41, 5.74) is 1.20. The predicted molar refractivity (Wildman–Crippen MR) is 117 cm³/mol. The van der Waals surface area contributed by atoms with Crippen LogP contribution in [0.4, 0.5) is 0 Å². The molecular weight excluding hydrogens is 416 g/mol. The maximum atomic E-state index is 13.1.